The molecule has 104 valence electrons. The fourth-order valence-corrected chi connectivity index (χ4v) is 1.77. The average molecular weight is 337 g/mol. The molecule has 2 aromatic rings. The second kappa shape index (κ2) is 6.91. The highest BCUT2D eigenvalue weighted by Gasteiger charge is 2.01. The molecule has 0 atom stereocenters. The van der Waals surface area contributed by atoms with Gasteiger partial charge in [-0.1, -0.05) is 12.1 Å². The standard InChI is InChI=1S/C14H13BrN2O3/c1-10-3-2-4-11(7-10)19-9-14(18)17-16-8-12-5-6-13(15)20-12/h2-8H,9H2,1H3,(H,17,18)/b16-8+. The molecule has 6 heteroatoms. The fourth-order valence-electron chi connectivity index (χ4n) is 1.45. The molecule has 1 aromatic heterocycles. The summed E-state index contributed by atoms with van der Waals surface area (Å²) in [6, 6.07) is 10.9. The number of carbonyl (C=O) groups is 1. The highest BCUT2D eigenvalue weighted by atomic mass is 79.9. The van der Waals surface area contributed by atoms with Gasteiger partial charge in [-0.25, -0.2) is 5.43 Å². The first-order chi connectivity index (χ1) is 9.63. The van der Waals surface area contributed by atoms with E-state index in [0.29, 0.717) is 16.2 Å². The Morgan fingerprint density at radius 3 is 3.00 bits per heavy atom. The molecule has 1 aromatic carbocycles. The van der Waals surface area contributed by atoms with Crippen molar-refractivity contribution in [1.29, 1.82) is 0 Å². The predicted molar refractivity (Wildman–Crippen MR) is 78.8 cm³/mol. The zero-order valence-corrected chi connectivity index (χ0v) is 12.4. The lowest BCUT2D eigenvalue weighted by Crippen LogP contribution is -2.24. The number of aryl methyl sites for hydroxylation is 1. The van der Waals surface area contributed by atoms with E-state index in [2.05, 4.69) is 26.5 Å². The summed E-state index contributed by atoms with van der Waals surface area (Å²) in [5.74, 6) is 0.851. The predicted octanol–water partition coefficient (Wildman–Crippen LogP) is 2.88. The number of carbonyl (C=O) groups excluding carboxylic acids is 1. The Kier molecular flexibility index (Phi) is 4.95. The molecule has 0 radical (unpaired) electrons. The Bertz CT molecular complexity index is 622. The third-order valence-corrected chi connectivity index (χ3v) is 2.76. The number of hydrazone groups is 1. The van der Waals surface area contributed by atoms with Crippen LogP contribution in [0.1, 0.15) is 11.3 Å². The summed E-state index contributed by atoms with van der Waals surface area (Å²) in [5.41, 5.74) is 3.43. The highest BCUT2D eigenvalue weighted by Crippen LogP contribution is 2.12. The molecule has 0 bridgehead atoms. The van der Waals surface area contributed by atoms with E-state index in [0.717, 1.165) is 5.56 Å². The molecule has 0 saturated heterocycles. The summed E-state index contributed by atoms with van der Waals surface area (Å²) in [7, 11) is 0. The minimum Gasteiger partial charge on any atom is -0.484 e. The van der Waals surface area contributed by atoms with Crippen molar-refractivity contribution in [3.05, 3.63) is 52.4 Å². The number of hydrogen-bond donors (Lipinski definition) is 1. The highest BCUT2D eigenvalue weighted by molar-refractivity contribution is 9.10. The van der Waals surface area contributed by atoms with Crippen LogP contribution in [0.25, 0.3) is 0 Å². The van der Waals surface area contributed by atoms with E-state index in [1.807, 2.05) is 25.1 Å². The molecule has 20 heavy (non-hydrogen) atoms. The molecule has 0 saturated carbocycles. The Hall–Kier alpha value is -2.08. The summed E-state index contributed by atoms with van der Waals surface area (Å²) in [6.07, 6.45) is 1.41. The van der Waals surface area contributed by atoms with E-state index < -0.39 is 0 Å². The summed E-state index contributed by atoms with van der Waals surface area (Å²) < 4.78 is 11.1. The molecule has 0 fully saturated rings. The van der Waals surface area contributed by atoms with Crippen LogP contribution in [0.5, 0.6) is 5.75 Å². The van der Waals surface area contributed by atoms with Crippen LogP contribution in [-0.2, 0) is 4.79 Å². The van der Waals surface area contributed by atoms with Gasteiger partial charge in [-0.15, -0.1) is 0 Å². The maximum Gasteiger partial charge on any atom is 0.277 e. The van der Waals surface area contributed by atoms with E-state index in [4.69, 9.17) is 9.15 Å². The quantitative estimate of drug-likeness (QED) is 0.674. The Morgan fingerprint density at radius 1 is 1.45 bits per heavy atom. The molecule has 0 spiro atoms. The molecule has 5 nitrogen and oxygen atoms in total. The lowest BCUT2D eigenvalue weighted by Gasteiger charge is -2.05. The average Bonchev–Trinajstić information content (AvgIpc) is 2.82. The monoisotopic (exact) mass is 336 g/mol. The van der Waals surface area contributed by atoms with E-state index in [-0.39, 0.29) is 12.5 Å². The van der Waals surface area contributed by atoms with Crippen LogP contribution in [0.4, 0.5) is 0 Å². The van der Waals surface area contributed by atoms with Gasteiger partial charge in [0.2, 0.25) is 0 Å². The van der Waals surface area contributed by atoms with Crippen LogP contribution >= 0.6 is 15.9 Å². The van der Waals surface area contributed by atoms with E-state index in [1.54, 1.807) is 18.2 Å². The van der Waals surface area contributed by atoms with E-state index in [9.17, 15) is 4.79 Å². The molecule has 0 aliphatic heterocycles. The number of benzene rings is 1. The molecule has 0 aliphatic rings. The molecule has 1 heterocycles. The number of hydrogen-bond acceptors (Lipinski definition) is 4. The first-order valence-corrected chi connectivity index (χ1v) is 6.69. The third kappa shape index (κ3) is 4.55. The van der Waals surface area contributed by atoms with Gasteiger partial charge >= 0.3 is 0 Å². The van der Waals surface area contributed by atoms with Gasteiger partial charge in [-0.05, 0) is 52.7 Å². The number of nitrogens with one attached hydrogen (secondary N) is 1. The van der Waals surface area contributed by atoms with Crippen LogP contribution in [0, 0.1) is 6.92 Å². The lowest BCUT2D eigenvalue weighted by atomic mass is 10.2. The van der Waals surface area contributed by atoms with Gasteiger partial charge in [0.05, 0.1) is 6.21 Å². The minimum absolute atomic E-state index is 0.0946. The minimum atomic E-state index is -0.339. The molecule has 1 N–H and O–H groups in total. The maximum absolute atomic E-state index is 11.5. The van der Waals surface area contributed by atoms with Crippen molar-refractivity contribution < 1.29 is 13.9 Å². The van der Waals surface area contributed by atoms with Crippen LogP contribution in [-0.4, -0.2) is 18.7 Å². The van der Waals surface area contributed by atoms with Crippen molar-refractivity contribution in [3.63, 3.8) is 0 Å². The molecular weight excluding hydrogens is 324 g/mol. The first kappa shape index (κ1) is 14.3. The number of nitrogens with zero attached hydrogens (tertiary/aromatic N) is 1. The number of rotatable bonds is 5. The lowest BCUT2D eigenvalue weighted by molar-refractivity contribution is -0.123. The summed E-state index contributed by atoms with van der Waals surface area (Å²) in [5, 5.41) is 3.77. The van der Waals surface area contributed by atoms with Gasteiger partial charge in [-0.3, -0.25) is 4.79 Å². The van der Waals surface area contributed by atoms with Gasteiger partial charge in [0.15, 0.2) is 11.3 Å². The largest absolute Gasteiger partial charge is 0.484 e. The molecule has 0 unspecified atom stereocenters. The molecule has 2 rings (SSSR count). The molecule has 0 aliphatic carbocycles. The number of furan rings is 1. The first-order valence-electron chi connectivity index (χ1n) is 5.90. The van der Waals surface area contributed by atoms with Gasteiger partial charge in [-0.2, -0.15) is 5.10 Å². The third-order valence-electron chi connectivity index (χ3n) is 2.33. The Morgan fingerprint density at radius 2 is 2.30 bits per heavy atom. The zero-order chi connectivity index (χ0) is 14.4. The summed E-state index contributed by atoms with van der Waals surface area (Å²) in [6.45, 7) is 1.86. The molecular formula is C14H13BrN2O3. The summed E-state index contributed by atoms with van der Waals surface area (Å²) >= 11 is 3.17. The van der Waals surface area contributed by atoms with E-state index >= 15 is 0 Å². The topological polar surface area (TPSA) is 63.8 Å². The van der Waals surface area contributed by atoms with Crippen LogP contribution < -0.4 is 10.2 Å². The van der Waals surface area contributed by atoms with Crippen LogP contribution in [0.15, 0.2) is 50.6 Å². The molecule has 1 amide bonds. The smallest absolute Gasteiger partial charge is 0.277 e. The second-order valence-electron chi connectivity index (χ2n) is 4.04. The van der Waals surface area contributed by atoms with Crippen LogP contribution in [0.3, 0.4) is 0 Å². The van der Waals surface area contributed by atoms with Gasteiger partial charge < -0.3 is 9.15 Å². The van der Waals surface area contributed by atoms with Crippen molar-refractivity contribution in [1.82, 2.24) is 5.43 Å². The Balaban J connectivity index is 1.77. The number of ether oxygens (including phenoxy) is 1. The fraction of sp³-hybridized carbons (Fsp3) is 0.143. The second-order valence-corrected chi connectivity index (χ2v) is 4.82. The van der Waals surface area contributed by atoms with Crippen molar-refractivity contribution in [2.24, 2.45) is 5.10 Å². The van der Waals surface area contributed by atoms with Gasteiger partial charge in [0.1, 0.15) is 11.5 Å². The van der Waals surface area contributed by atoms with E-state index in [1.165, 1.54) is 6.21 Å². The maximum atomic E-state index is 11.5. The van der Waals surface area contributed by atoms with Gasteiger partial charge in [0.25, 0.3) is 5.91 Å². The SMILES string of the molecule is Cc1cccc(OCC(=O)N/N=C/c2ccc(Br)o2)c1. The zero-order valence-electron chi connectivity index (χ0n) is 10.8. The number of halogens is 1. The normalized spacial score (nSPS) is 10.7. The van der Waals surface area contributed by atoms with Crippen molar-refractivity contribution in [2.45, 2.75) is 6.92 Å². The van der Waals surface area contributed by atoms with Gasteiger partial charge in [0, 0.05) is 0 Å². The number of amides is 1. The van der Waals surface area contributed by atoms with Crippen molar-refractivity contribution in [3.8, 4) is 5.75 Å². The summed E-state index contributed by atoms with van der Waals surface area (Å²) in [4.78, 5) is 11.5. The Labute approximate surface area is 124 Å². The van der Waals surface area contributed by atoms with Crippen LogP contribution in [0.2, 0.25) is 0 Å². The van der Waals surface area contributed by atoms with Crippen molar-refractivity contribution in [2.75, 3.05) is 6.61 Å². The van der Waals surface area contributed by atoms with Crippen molar-refractivity contribution >= 4 is 28.1 Å².